The number of unbranched alkanes of at least 4 members (excludes halogenated alkanes) is 8. The fourth-order valence-electron chi connectivity index (χ4n) is 3.49. The predicted molar refractivity (Wildman–Crippen MR) is 124 cm³/mol. The van der Waals surface area contributed by atoms with Crippen LogP contribution in [0, 0.1) is 6.92 Å². The standard InChI is InChI=1S/C27H36O4/c1-3-4-5-6-7-8-9-10-15-20-30-26(28)24-18-13-14-19-25(24)27(29)31-21-23-17-12-11-16-22(23)2/h11-14,16-19H,3-10,15,20-21H2,1-2H3. The van der Waals surface area contributed by atoms with Crippen molar-refractivity contribution in [3.05, 3.63) is 70.8 Å². The molecule has 168 valence electrons. The number of carbonyl (C=O) groups excluding carboxylic acids is 2. The first-order chi connectivity index (χ1) is 15.1. The van der Waals surface area contributed by atoms with E-state index < -0.39 is 11.9 Å². The molecule has 0 aliphatic carbocycles. The van der Waals surface area contributed by atoms with Crippen LogP contribution in [0.15, 0.2) is 48.5 Å². The molecule has 0 bridgehead atoms. The van der Waals surface area contributed by atoms with Crippen LogP contribution in [0.3, 0.4) is 0 Å². The Bertz CT molecular complexity index is 812. The van der Waals surface area contributed by atoms with Crippen LogP contribution in [-0.4, -0.2) is 18.5 Å². The molecule has 2 aromatic carbocycles. The first-order valence-corrected chi connectivity index (χ1v) is 11.6. The summed E-state index contributed by atoms with van der Waals surface area (Å²) in [7, 11) is 0. The lowest BCUT2D eigenvalue weighted by atomic mass is 10.1. The lowest BCUT2D eigenvalue weighted by Gasteiger charge is -2.11. The van der Waals surface area contributed by atoms with Gasteiger partial charge in [-0.25, -0.2) is 9.59 Å². The SMILES string of the molecule is CCCCCCCCCCCOC(=O)c1ccccc1C(=O)OCc1ccccc1C. The molecule has 0 atom stereocenters. The Morgan fingerprint density at radius 1 is 0.677 bits per heavy atom. The summed E-state index contributed by atoms with van der Waals surface area (Å²) < 4.78 is 10.9. The van der Waals surface area contributed by atoms with E-state index in [4.69, 9.17) is 9.47 Å². The number of benzene rings is 2. The molecule has 0 saturated carbocycles. The van der Waals surface area contributed by atoms with Crippen molar-refractivity contribution >= 4 is 11.9 Å². The average Bonchev–Trinajstić information content (AvgIpc) is 2.79. The molecule has 2 aromatic rings. The molecule has 0 aliphatic rings. The van der Waals surface area contributed by atoms with Crippen molar-refractivity contribution < 1.29 is 19.1 Å². The second kappa shape index (κ2) is 14.4. The quantitative estimate of drug-likeness (QED) is 0.241. The van der Waals surface area contributed by atoms with E-state index in [-0.39, 0.29) is 17.7 Å². The van der Waals surface area contributed by atoms with Gasteiger partial charge in [0.25, 0.3) is 0 Å². The molecule has 0 spiro atoms. The second-order valence-corrected chi connectivity index (χ2v) is 8.01. The van der Waals surface area contributed by atoms with E-state index in [9.17, 15) is 9.59 Å². The Labute approximate surface area is 187 Å². The highest BCUT2D eigenvalue weighted by Gasteiger charge is 2.19. The molecule has 0 N–H and O–H groups in total. The lowest BCUT2D eigenvalue weighted by molar-refractivity contribution is 0.0436. The van der Waals surface area contributed by atoms with Gasteiger partial charge in [-0.1, -0.05) is 94.7 Å². The third-order valence-corrected chi connectivity index (χ3v) is 5.47. The number of rotatable bonds is 14. The van der Waals surface area contributed by atoms with Crippen LogP contribution in [-0.2, 0) is 16.1 Å². The van der Waals surface area contributed by atoms with Gasteiger partial charge < -0.3 is 9.47 Å². The summed E-state index contributed by atoms with van der Waals surface area (Å²) in [4.78, 5) is 25.1. The summed E-state index contributed by atoms with van der Waals surface area (Å²) in [6.07, 6.45) is 10.9. The lowest BCUT2D eigenvalue weighted by Crippen LogP contribution is -2.14. The topological polar surface area (TPSA) is 52.6 Å². The number of ether oxygens (including phenoxy) is 2. The normalized spacial score (nSPS) is 10.6. The van der Waals surface area contributed by atoms with Crippen LogP contribution in [0.2, 0.25) is 0 Å². The summed E-state index contributed by atoms with van der Waals surface area (Å²) >= 11 is 0. The van der Waals surface area contributed by atoms with Gasteiger partial charge in [0, 0.05) is 0 Å². The van der Waals surface area contributed by atoms with E-state index in [1.54, 1.807) is 24.3 Å². The van der Waals surface area contributed by atoms with E-state index in [0.29, 0.717) is 6.61 Å². The van der Waals surface area contributed by atoms with Gasteiger partial charge in [0.1, 0.15) is 6.61 Å². The Balaban J connectivity index is 1.74. The van der Waals surface area contributed by atoms with Gasteiger partial charge in [0.2, 0.25) is 0 Å². The number of aryl methyl sites for hydroxylation is 1. The molecular formula is C27H36O4. The van der Waals surface area contributed by atoms with E-state index in [1.807, 2.05) is 31.2 Å². The maximum atomic E-state index is 12.6. The Morgan fingerprint density at radius 2 is 1.19 bits per heavy atom. The first kappa shape index (κ1) is 24.6. The van der Waals surface area contributed by atoms with Gasteiger partial charge in [0.05, 0.1) is 17.7 Å². The molecule has 0 unspecified atom stereocenters. The number of hydrogen-bond acceptors (Lipinski definition) is 4. The highest BCUT2D eigenvalue weighted by Crippen LogP contribution is 2.15. The van der Waals surface area contributed by atoms with Crippen molar-refractivity contribution in [3.8, 4) is 0 Å². The summed E-state index contributed by atoms with van der Waals surface area (Å²) in [6, 6.07) is 14.4. The summed E-state index contributed by atoms with van der Waals surface area (Å²) in [6.45, 7) is 4.75. The van der Waals surface area contributed by atoms with Gasteiger partial charge in [0.15, 0.2) is 0 Å². The third-order valence-electron chi connectivity index (χ3n) is 5.47. The van der Waals surface area contributed by atoms with Gasteiger partial charge in [-0.2, -0.15) is 0 Å². The molecule has 0 aromatic heterocycles. The van der Waals surface area contributed by atoms with E-state index in [2.05, 4.69) is 6.92 Å². The van der Waals surface area contributed by atoms with Crippen LogP contribution >= 0.6 is 0 Å². The van der Waals surface area contributed by atoms with Gasteiger partial charge in [-0.3, -0.25) is 0 Å². The third kappa shape index (κ3) is 8.95. The molecule has 0 amide bonds. The van der Waals surface area contributed by atoms with E-state index in [1.165, 1.54) is 44.9 Å². The van der Waals surface area contributed by atoms with E-state index >= 15 is 0 Å². The molecular weight excluding hydrogens is 388 g/mol. The number of carbonyl (C=O) groups is 2. The Morgan fingerprint density at radius 3 is 1.81 bits per heavy atom. The molecule has 2 rings (SSSR count). The van der Waals surface area contributed by atoms with Crippen molar-refractivity contribution in [2.24, 2.45) is 0 Å². The van der Waals surface area contributed by atoms with Crippen LogP contribution < -0.4 is 0 Å². The maximum Gasteiger partial charge on any atom is 0.339 e. The predicted octanol–water partition coefficient (Wildman–Crippen LogP) is 7.04. The van der Waals surface area contributed by atoms with Crippen molar-refractivity contribution in [1.82, 2.24) is 0 Å². The molecule has 0 saturated heterocycles. The minimum atomic E-state index is -0.515. The van der Waals surface area contributed by atoms with Gasteiger partial charge in [-0.05, 0) is 36.6 Å². The highest BCUT2D eigenvalue weighted by molar-refractivity contribution is 6.03. The number of esters is 2. The molecule has 4 heteroatoms. The zero-order chi connectivity index (χ0) is 22.3. The number of hydrogen-bond donors (Lipinski definition) is 0. The zero-order valence-corrected chi connectivity index (χ0v) is 19.0. The fourth-order valence-corrected chi connectivity index (χ4v) is 3.49. The maximum absolute atomic E-state index is 12.6. The van der Waals surface area contributed by atoms with Crippen LogP contribution in [0.1, 0.15) is 96.6 Å². The van der Waals surface area contributed by atoms with Crippen molar-refractivity contribution in [2.45, 2.75) is 78.2 Å². The minimum Gasteiger partial charge on any atom is -0.462 e. The summed E-state index contributed by atoms with van der Waals surface area (Å²) in [5.41, 5.74) is 2.51. The first-order valence-electron chi connectivity index (χ1n) is 11.6. The summed E-state index contributed by atoms with van der Waals surface area (Å²) in [5.74, 6) is -0.984. The van der Waals surface area contributed by atoms with Crippen molar-refractivity contribution in [3.63, 3.8) is 0 Å². The fraction of sp³-hybridized carbons (Fsp3) is 0.481. The zero-order valence-electron chi connectivity index (χ0n) is 19.0. The van der Waals surface area contributed by atoms with Crippen LogP contribution in [0.4, 0.5) is 0 Å². The van der Waals surface area contributed by atoms with Crippen LogP contribution in [0.5, 0.6) is 0 Å². The smallest absolute Gasteiger partial charge is 0.339 e. The molecule has 0 aliphatic heterocycles. The average molecular weight is 425 g/mol. The summed E-state index contributed by atoms with van der Waals surface area (Å²) in [5, 5.41) is 0. The minimum absolute atomic E-state index is 0.174. The Hall–Kier alpha value is -2.62. The Kier molecular flexibility index (Phi) is 11.4. The van der Waals surface area contributed by atoms with Gasteiger partial charge >= 0.3 is 11.9 Å². The van der Waals surface area contributed by atoms with Gasteiger partial charge in [-0.15, -0.1) is 0 Å². The largest absolute Gasteiger partial charge is 0.462 e. The van der Waals surface area contributed by atoms with Crippen molar-refractivity contribution in [1.29, 1.82) is 0 Å². The monoisotopic (exact) mass is 424 g/mol. The highest BCUT2D eigenvalue weighted by atomic mass is 16.5. The van der Waals surface area contributed by atoms with Crippen LogP contribution in [0.25, 0.3) is 0 Å². The molecule has 4 nitrogen and oxygen atoms in total. The molecule has 0 fully saturated rings. The van der Waals surface area contributed by atoms with E-state index in [0.717, 1.165) is 24.0 Å². The molecule has 0 radical (unpaired) electrons. The molecule has 0 heterocycles. The molecule has 31 heavy (non-hydrogen) atoms. The second-order valence-electron chi connectivity index (χ2n) is 8.01. The van der Waals surface area contributed by atoms with Crippen molar-refractivity contribution in [2.75, 3.05) is 6.61 Å².